The molecule has 0 bridgehead atoms. The number of hydrogen-bond donors (Lipinski definition) is 0. The summed E-state index contributed by atoms with van der Waals surface area (Å²) < 4.78 is 15.9. The van der Waals surface area contributed by atoms with Crippen LogP contribution in [0.4, 0.5) is 15.3 Å². The lowest BCUT2D eigenvalue weighted by atomic mass is 10.2. The summed E-state index contributed by atoms with van der Waals surface area (Å²) in [4.78, 5) is 46.3. The molecule has 10 nitrogen and oxygen atoms in total. The van der Waals surface area contributed by atoms with Gasteiger partial charge in [0.2, 0.25) is 5.88 Å². The van der Waals surface area contributed by atoms with E-state index in [4.69, 9.17) is 9.47 Å². The Morgan fingerprint density at radius 2 is 1.76 bits per heavy atom. The van der Waals surface area contributed by atoms with Crippen LogP contribution in [0.25, 0.3) is 0 Å². The molecule has 1 aromatic carbocycles. The number of benzene rings is 1. The number of urea groups is 1. The number of pyridine rings is 1. The predicted octanol–water partition coefficient (Wildman–Crippen LogP) is 3.52. The van der Waals surface area contributed by atoms with Gasteiger partial charge in [-0.25, -0.2) is 19.4 Å². The van der Waals surface area contributed by atoms with Gasteiger partial charge in [-0.15, -0.1) is 0 Å². The van der Waals surface area contributed by atoms with Gasteiger partial charge in [-0.3, -0.25) is 4.90 Å². The fraction of sp³-hybridized carbons (Fsp3) is 0.417. The molecule has 0 N–H and O–H groups in total. The lowest BCUT2D eigenvalue weighted by molar-refractivity contribution is 0.0128. The quantitative estimate of drug-likeness (QED) is 0.633. The number of fused-ring (bicyclic) bond motifs is 1. The first kappa shape index (κ1) is 23.3. The highest BCUT2D eigenvalue weighted by molar-refractivity contribution is 5.94. The maximum absolute atomic E-state index is 13.0. The highest BCUT2D eigenvalue weighted by atomic mass is 16.6. The van der Waals surface area contributed by atoms with Gasteiger partial charge in [0.25, 0.3) is 0 Å². The van der Waals surface area contributed by atoms with E-state index in [-0.39, 0.29) is 18.2 Å². The van der Waals surface area contributed by atoms with E-state index in [2.05, 4.69) is 9.72 Å². The first-order chi connectivity index (χ1) is 16.1. The van der Waals surface area contributed by atoms with Crippen molar-refractivity contribution in [2.75, 3.05) is 38.2 Å². The second-order valence-electron chi connectivity index (χ2n) is 9.14. The monoisotopic (exact) mass is 468 g/mol. The standard InChI is InChI=1S/C24H28N4O6/c1-24(2,3)34-23(31)26-11-12-27-18(14-26)15-28(22(27)30)17-7-10-20(25-13-17)33-19-8-5-16(6-9-19)21(29)32-4/h5-10,13,18H,11-12,14-15H2,1-4H3/t18-/m0/s1. The summed E-state index contributed by atoms with van der Waals surface area (Å²) in [7, 11) is 1.33. The summed E-state index contributed by atoms with van der Waals surface area (Å²) >= 11 is 0. The first-order valence-corrected chi connectivity index (χ1v) is 11.0. The first-order valence-electron chi connectivity index (χ1n) is 11.0. The van der Waals surface area contributed by atoms with Crippen LogP contribution in [0.1, 0.15) is 31.1 Å². The van der Waals surface area contributed by atoms with Crippen LogP contribution < -0.4 is 9.64 Å². The highest BCUT2D eigenvalue weighted by Gasteiger charge is 2.43. The molecule has 2 aliphatic rings. The highest BCUT2D eigenvalue weighted by Crippen LogP contribution is 2.28. The third-order valence-corrected chi connectivity index (χ3v) is 5.53. The summed E-state index contributed by atoms with van der Waals surface area (Å²) in [6.45, 7) is 7.27. The van der Waals surface area contributed by atoms with E-state index in [1.807, 2.05) is 20.8 Å². The Morgan fingerprint density at radius 1 is 1.03 bits per heavy atom. The Bertz CT molecular complexity index is 1060. The van der Waals surface area contributed by atoms with Crippen LogP contribution in [0.5, 0.6) is 11.6 Å². The molecule has 0 aliphatic carbocycles. The number of aromatic nitrogens is 1. The second-order valence-corrected chi connectivity index (χ2v) is 9.14. The number of amides is 3. The van der Waals surface area contributed by atoms with Gasteiger partial charge in [0.1, 0.15) is 11.4 Å². The van der Waals surface area contributed by atoms with E-state index < -0.39 is 11.6 Å². The van der Waals surface area contributed by atoms with Gasteiger partial charge in [0, 0.05) is 32.2 Å². The van der Waals surface area contributed by atoms with E-state index in [0.717, 1.165) is 0 Å². The molecule has 34 heavy (non-hydrogen) atoms. The minimum absolute atomic E-state index is 0.109. The molecule has 2 aliphatic heterocycles. The fourth-order valence-corrected chi connectivity index (χ4v) is 3.91. The van der Waals surface area contributed by atoms with E-state index in [0.29, 0.717) is 49.1 Å². The number of esters is 1. The molecule has 1 atom stereocenters. The van der Waals surface area contributed by atoms with Crippen molar-refractivity contribution in [3.05, 3.63) is 48.2 Å². The average molecular weight is 469 g/mol. The van der Waals surface area contributed by atoms with Gasteiger partial charge in [-0.05, 0) is 51.1 Å². The van der Waals surface area contributed by atoms with Crippen molar-refractivity contribution in [3.63, 3.8) is 0 Å². The summed E-state index contributed by atoms with van der Waals surface area (Å²) in [6.07, 6.45) is 1.22. The van der Waals surface area contributed by atoms with Crippen LogP contribution >= 0.6 is 0 Å². The molecule has 3 heterocycles. The van der Waals surface area contributed by atoms with Crippen LogP contribution in [0.2, 0.25) is 0 Å². The van der Waals surface area contributed by atoms with Gasteiger partial charge < -0.3 is 24.0 Å². The molecule has 10 heteroatoms. The molecular formula is C24H28N4O6. The molecule has 3 amide bonds. The predicted molar refractivity (Wildman–Crippen MR) is 123 cm³/mol. The van der Waals surface area contributed by atoms with Crippen LogP contribution in [-0.2, 0) is 9.47 Å². The van der Waals surface area contributed by atoms with Gasteiger partial charge in [0.05, 0.1) is 30.6 Å². The summed E-state index contributed by atoms with van der Waals surface area (Å²) in [5.74, 6) is 0.453. The molecule has 0 radical (unpaired) electrons. The normalized spacial score (nSPS) is 17.9. The van der Waals surface area contributed by atoms with Gasteiger partial charge in [-0.2, -0.15) is 0 Å². The van der Waals surface area contributed by atoms with Crippen LogP contribution in [0.15, 0.2) is 42.6 Å². The Balaban J connectivity index is 1.38. The van der Waals surface area contributed by atoms with E-state index in [1.54, 1.807) is 57.3 Å². The van der Waals surface area contributed by atoms with Crippen molar-refractivity contribution in [1.82, 2.24) is 14.8 Å². The Hall–Kier alpha value is -3.82. The maximum Gasteiger partial charge on any atom is 0.410 e. The zero-order chi connectivity index (χ0) is 24.5. The third kappa shape index (κ3) is 5.05. The number of anilines is 1. The Labute approximate surface area is 198 Å². The maximum atomic E-state index is 13.0. The number of carbonyl (C=O) groups excluding carboxylic acids is 3. The molecule has 4 rings (SSSR count). The Morgan fingerprint density at radius 3 is 2.38 bits per heavy atom. The summed E-state index contributed by atoms with van der Waals surface area (Å²) in [6, 6.07) is 9.75. The number of hydrogen-bond acceptors (Lipinski definition) is 7. The lowest BCUT2D eigenvalue weighted by Crippen LogP contribution is -2.54. The van der Waals surface area contributed by atoms with E-state index in [9.17, 15) is 14.4 Å². The number of ether oxygens (including phenoxy) is 3. The van der Waals surface area contributed by atoms with Gasteiger partial charge >= 0.3 is 18.1 Å². The summed E-state index contributed by atoms with van der Waals surface area (Å²) in [5.41, 5.74) is 0.508. The minimum atomic E-state index is -0.565. The van der Waals surface area contributed by atoms with Crippen molar-refractivity contribution in [2.24, 2.45) is 0 Å². The van der Waals surface area contributed by atoms with Crippen molar-refractivity contribution < 1.29 is 28.6 Å². The largest absolute Gasteiger partial charge is 0.465 e. The van der Waals surface area contributed by atoms with Crippen LogP contribution in [0, 0.1) is 0 Å². The smallest absolute Gasteiger partial charge is 0.410 e. The average Bonchev–Trinajstić information content (AvgIpc) is 3.14. The molecule has 180 valence electrons. The number of carbonyl (C=O) groups is 3. The second kappa shape index (κ2) is 9.20. The number of nitrogens with zero attached hydrogens (tertiary/aromatic N) is 4. The van der Waals surface area contributed by atoms with E-state index in [1.165, 1.54) is 7.11 Å². The van der Waals surface area contributed by atoms with Gasteiger partial charge in [0.15, 0.2) is 0 Å². The minimum Gasteiger partial charge on any atom is -0.465 e. The molecule has 2 aromatic rings. The van der Waals surface area contributed by atoms with Crippen LogP contribution in [-0.4, -0.2) is 77.8 Å². The Kier molecular flexibility index (Phi) is 6.32. The third-order valence-electron chi connectivity index (χ3n) is 5.53. The molecule has 0 spiro atoms. The van der Waals surface area contributed by atoms with E-state index >= 15 is 0 Å². The topological polar surface area (TPSA) is 102 Å². The molecule has 2 fully saturated rings. The van der Waals surface area contributed by atoms with Crippen molar-refractivity contribution in [2.45, 2.75) is 32.4 Å². The molecule has 0 saturated carbocycles. The molecule has 1 aromatic heterocycles. The fourth-order valence-electron chi connectivity index (χ4n) is 3.91. The molecular weight excluding hydrogens is 440 g/mol. The molecule has 2 saturated heterocycles. The van der Waals surface area contributed by atoms with Gasteiger partial charge in [-0.1, -0.05) is 0 Å². The summed E-state index contributed by atoms with van der Waals surface area (Å²) in [5, 5.41) is 0. The number of piperazine rings is 1. The zero-order valence-electron chi connectivity index (χ0n) is 19.7. The van der Waals surface area contributed by atoms with Crippen molar-refractivity contribution in [3.8, 4) is 11.6 Å². The zero-order valence-corrected chi connectivity index (χ0v) is 19.7. The van der Waals surface area contributed by atoms with Crippen molar-refractivity contribution in [1.29, 1.82) is 0 Å². The lowest BCUT2D eigenvalue weighted by Gasteiger charge is -2.36. The number of rotatable bonds is 4. The number of methoxy groups -OCH3 is 1. The SMILES string of the molecule is COC(=O)c1ccc(Oc2ccc(N3C[C@@H]4CN(C(=O)OC(C)(C)C)CCN4C3=O)cn2)cc1. The van der Waals surface area contributed by atoms with Crippen LogP contribution in [0.3, 0.4) is 0 Å². The molecule has 0 unspecified atom stereocenters. The van der Waals surface area contributed by atoms with Crippen molar-refractivity contribution >= 4 is 23.8 Å².